The van der Waals surface area contributed by atoms with E-state index in [4.69, 9.17) is 11.6 Å². The van der Waals surface area contributed by atoms with Crippen LogP contribution in [0.5, 0.6) is 0 Å². The molecule has 0 N–H and O–H groups in total. The molecule has 1 heteroatoms. The van der Waals surface area contributed by atoms with Crippen LogP contribution in [0.1, 0.15) is 34.1 Å². The van der Waals surface area contributed by atoms with Crippen LogP contribution < -0.4 is 0 Å². The molecule has 2 atom stereocenters. The van der Waals surface area contributed by atoms with Crippen molar-refractivity contribution in [3.8, 4) is 0 Å². The Morgan fingerprint density at radius 1 is 1.00 bits per heavy atom. The highest BCUT2D eigenvalue weighted by Gasteiger charge is 2.25. The van der Waals surface area contributed by atoms with Crippen LogP contribution >= 0.6 is 11.6 Å². The van der Waals surface area contributed by atoms with Crippen molar-refractivity contribution in [2.24, 2.45) is 5.92 Å². The summed E-state index contributed by atoms with van der Waals surface area (Å²) in [6, 6.07) is 17.4. The van der Waals surface area contributed by atoms with Crippen LogP contribution in [0.2, 0.25) is 0 Å². The van der Waals surface area contributed by atoms with Crippen LogP contribution in [-0.4, -0.2) is 0 Å². The van der Waals surface area contributed by atoms with Crippen LogP contribution in [0.25, 0.3) is 0 Å². The molecule has 98 valence electrons. The highest BCUT2D eigenvalue weighted by Crippen LogP contribution is 2.38. The van der Waals surface area contributed by atoms with Crippen molar-refractivity contribution in [2.45, 2.75) is 31.6 Å². The zero-order chi connectivity index (χ0) is 13.2. The van der Waals surface area contributed by atoms with Gasteiger partial charge < -0.3 is 0 Å². The Hall–Kier alpha value is -1.27. The summed E-state index contributed by atoms with van der Waals surface area (Å²) in [5.41, 5.74) is 5.54. The van der Waals surface area contributed by atoms with E-state index in [1.165, 1.54) is 28.7 Å². The van der Waals surface area contributed by atoms with Gasteiger partial charge in [-0.1, -0.05) is 54.1 Å². The lowest BCUT2D eigenvalue weighted by atomic mass is 9.80. The van der Waals surface area contributed by atoms with Gasteiger partial charge in [0.25, 0.3) is 0 Å². The number of aryl methyl sites for hydroxylation is 2. The molecule has 0 aromatic heterocycles. The Morgan fingerprint density at radius 2 is 1.68 bits per heavy atom. The normalized spacial score (nSPS) is 19.8. The minimum Gasteiger partial charge on any atom is -0.118 e. The molecule has 0 bridgehead atoms. The SMILES string of the molecule is Cc1ccc(C(Cl)C2CCc3ccccc3C2)cc1. The first-order valence-electron chi connectivity index (χ1n) is 7.01. The van der Waals surface area contributed by atoms with Gasteiger partial charge in [0.05, 0.1) is 5.38 Å². The fourth-order valence-electron chi connectivity index (χ4n) is 3.00. The first-order chi connectivity index (χ1) is 9.24. The number of halogens is 1. The third-order valence-electron chi connectivity index (χ3n) is 4.19. The summed E-state index contributed by atoms with van der Waals surface area (Å²) in [6.07, 6.45) is 3.47. The topological polar surface area (TPSA) is 0 Å². The van der Waals surface area contributed by atoms with Crippen molar-refractivity contribution in [3.63, 3.8) is 0 Å². The van der Waals surface area contributed by atoms with Gasteiger partial charge in [0.2, 0.25) is 0 Å². The van der Waals surface area contributed by atoms with E-state index in [0.29, 0.717) is 5.92 Å². The maximum atomic E-state index is 6.70. The molecule has 2 aromatic carbocycles. The maximum absolute atomic E-state index is 6.70. The predicted octanol–water partition coefficient (Wildman–Crippen LogP) is 5.08. The molecule has 2 unspecified atom stereocenters. The zero-order valence-electron chi connectivity index (χ0n) is 11.3. The van der Waals surface area contributed by atoms with E-state index in [2.05, 4.69) is 55.5 Å². The quantitative estimate of drug-likeness (QED) is 0.668. The van der Waals surface area contributed by atoms with Gasteiger partial charge in [-0.2, -0.15) is 0 Å². The van der Waals surface area contributed by atoms with E-state index in [-0.39, 0.29) is 5.38 Å². The molecule has 0 fully saturated rings. The van der Waals surface area contributed by atoms with Gasteiger partial charge in [0, 0.05) is 0 Å². The smallest absolute Gasteiger partial charge is 0.0616 e. The van der Waals surface area contributed by atoms with Crippen molar-refractivity contribution >= 4 is 11.6 Å². The molecule has 0 spiro atoms. The van der Waals surface area contributed by atoms with E-state index >= 15 is 0 Å². The fourth-order valence-corrected chi connectivity index (χ4v) is 3.36. The monoisotopic (exact) mass is 270 g/mol. The van der Waals surface area contributed by atoms with E-state index in [1.54, 1.807) is 0 Å². The minimum atomic E-state index is 0.133. The van der Waals surface area contributed by atoms with Crippen LogP contribution in [-0.2, 0) is 12.8 Å². The Labute approximate surface area is 120 Å². The molecule has 19 heavy (non-hydrogen) atoms. The van der Waals surface area contributed by atoms with Gasteiger partial charge in [-0.15, -0.1) is 11.6 Å². The summed E-state index contributed by atoms with van der Waals surface area (Å²) >= 11 is 6.70. The highest BCUT2D eigenvalue weighted by atomic mass is 35.5. The van der Waals surface area contributed by atoms with E-state index < -0.39 is 0 Å². The van der Waals surface area contributed by atoms with Gasteiger partial charge in [0.1, 0.15) is 0 Å². The summed E-state index contributed by atoms with van der Waals surface area (Å²) in [6.45, 7) is 2.11. The van der Waals surface area contributed by atoms with Crippen LogP contribution in [0.15, 0.2) is 48.5 Å². The summed E-state index contributed by atoms with van der Waals surface area (Å²) in [4.78, 5) is 0. The van der Waals surface area contributed by atoms with Crippen molar-refractivity contribution in [2.75, 3.05) is 0 Å². The van der Waals surface area contributed by atoms with Crippen molar-refractivity contribution in [3.05, 3.63) is 70.8 Å². The largest absolute Gasteiger partial charge is 0.118 e. The van der Waals surface area contributed by atoms with E-state index in [0.717, 1.165) is 12.8 Å². The average Bonchev–Trinajstić information content (AvgIpc) is 2.47. The second kappa shape index (κ2) is 5.38. The number of alkyl halides is 1. The van der Waals surface area contributed by atoms with Crippen LogP contribution in [0, 0.1) is 12.8 Å². The van der Waals surface area contributed by atoms with E-state index in [9.17, 15) is 0 Å². The lowest BCUT2D eigenvalue weighted by Gasteiger charge is -2.28. The average molecular weight is 271 g/mol. The molecular formula is C18H19Cl. The second-order valence-electron chi connectivity index (χ2n) is 5.58. The predicted molar refractivity (Wildman–Crippen MR) is 81.7 cm³/mol. The summed E-state index contributed by atoms with van der Waals surface area (Å²) in [7, 11) is 0. The number of rotatable bonds is 2. The number of fused-ring (bicyclic) bond motifs is 1. The molecule has 0 saturated heterocycles. The molecule has 2 aromatic rings. The Bertz CT molecular complexity index is 556. The Balaban J connectivity index is 1.79. The minimum absolute atomic E-state index is 0.133. The van der Waals surface area contributed by atoms with Gasteiger partial charge in [-0.25, -0.2) is 0 Å². The van der Waals surface area contributed by atoms with E-state index in [1.807, 2.05) is 0 Å². The molecule has 0 radical (unpaired) electrons. The maximum Gasteiger partial charge on any atom is 0.0616 e. The summed E-state index contributed by atoms with van der Waals surface area (Å²) in [5.74, 6) is 0.555. The molecule has 1 aliphatic rings. The Kier molecular flexibility index (Phi) is 3.61. The van der Waals surface area contributed by atoms with Gasteiger partial charge in [-0.3, -0.25) is 0 Å². The zero-order valence-corrected chi connectivity index (χ0v) is 12.0. The first-order valence-corrected chi connectivity index (χ1v) is 7.45. The first kappa shape index (κ1) is 12.7. The van der Waals surface area contributed by atoms with Crippen LogP contribution in [0.4, 0.5) is 0 Å². The van der Waals surface area contributed by atoms with Gasteiger partial charge in [-0.05, 0) is 48.8 Å². The molecule has 0 nitrogen and oxygen atoms in total. The lowest BCUT2D eigenvalue weighted by molar-refractivity contribution is 0.443. The van der Waals surface area contributed by atoms with Gasteiger partial charge in [0.15, 0.2) is 0 Å². The third kappa shape index (κ3) is 2.69. The number of hydrogen-bond acceptors (Lipinski definition) is 0. The standard InChI is InChI=1S/C18H19Cl/c1-13-6-8-15(9-7-13)18(19)17-11-10-14-4-2-3-5-16(14)12-17/h2-9,17-18H,10-12H2,1H3. The molecule has 0 heterocycles. The lowest BCUT2D eigenvalue weighted by Crippen LogP contribution is -2.18. The summed E-state index contributed by atoms with van der Waals surface area (Å²) in [5, 5.41) is 0.133. The van der Waals surface area contributed by atoms with Crippen molar-refractivity contribution in [1.29, 1.82) is 0 Å². The molecule has 0 saturated carbocycles. The molecular weight excluding hydrogens is 252 g/mol. The van der Waals surface area contributed by atoms with Gasteiger partial charge >= 0.3 is 0 Å². The fraction of sp³-hybridized carbons (Fsp3) is 0.333. The number of hydrogen-bond donors (Lipinski definition) is 0. The van der Waals surface area contributed by atoms with Crippen molar-refractivity contribution < 1.29 is 0 Å². The number of benzene rings is 2. The molecule has 0 aliphatic heterocycles. The molecule has 3 rings (SSSR count). The Morgan fingerprint density at radius 3 is 2.42 bits per heavy atom. The molecule has 1 aliphatic carbocycles. The summed E-state index contributed by atoms with van der Waals surface area (Å²) < 4.78 is 0. The third-order valence-corrected chi connectivity index (χ3v) is 4.80. The second-order valence-corrected chi connectivity index (χ2v) is 6.05. The highest BCUT2D eigenvalue weighted by molar-refractivity contribution is 6.21. The van der Waals surface area contributed by atoms with Crippen LogP contribution in [0.3, 0.4) is 0 Å². The van der Waals surface area contributed by atoms with Crippen molar-refractivity contribution in [1.82, 2.24) is 0 Å². The molecule has 0 amide bonds.